The summed E-state index contributed by atoms with van der Waals surface area (Å²) < 4.78 is 0. The molecule has 5 heteroatoms. The molecule has 1 aliphatic rings. The maximum atomic E-state index is 12.1. The van der Waals surface area contributed by atoms with E-state index in [-0.39, 0.29) is 6.54 Å². The van der Waals surface area contributed by atoms with E-state index in [9.17, 15) is 9.59 Å². The number of ketones is 1. The maximum absolute atomic E-state index is 12.1. The lowest BCUT2D eigenvalue weighted by Gasteiger charge is -2.16. The van der Waals surface area contributed by atoms with Gasteiger partial charge in [-0.1, -0.05) is 17.7 Å². The number of rotatable bonds is 2. The molecule has 1 amide bonds. The second-order valence-corrected chi connectivity index (χ2v) is 5.09. The van der Waals surface area contributed by atoms with Gasteiger partial charge in [-0.25, -0.2) is 0 Å². The van der Waals surface area contributed by atoms with Gasteiger partial charge in [0.05, 0.1) is 23.5 Å². The highest BCUT2D eigenvalue weighted by molar-refractivity contribution is 6.52. The summed E-state index contributed by atoms with van der Waals surface area (Å²) in [5, 5.41) is 0.494. The molecule has 2 heterocycles. The summed E-state index contributed by atoms with van der Waals surface area (Å²) in [5.41, 5.74) is 2.55. The molecule has 0 radical (unpaired) electrons. The molecular formula is C15H11ClN2O2. The SMILES string of the molecule is Cc1cccc(CN2C(=O)C(=O)c3ccc(Cl)cc32)n1. The fourth-order valence-electron chi connectivity index (χ4n) is 2.27. The Bertz CT molecular complexity index is 728. The van der Waals surface area contributed by atoms with Gasteiger partial charge in [-0.05, 0) is 37.3 Å². The van der Waals surface area contributed by atoms with Crippen LogP contribution < -0.4 is 4.90 Å². The molecule has 20 heavy (non-hydrogen) atoms. The van der Waals surface area contributed by atoms with Crippen LogP contribution in [0.5, 0.6) is 0 Å². The summed E-state index contributed by atoms with van der Waals surface area (Å²) in [5.74, 6) is -1.03. The molecule has 2 aromatic rings. The summed E-state index contributed by atoms with van der Waals surface area (Å²) in [6, 6.07) is 10.4. The number of aromatic nitrogens is 1. The van der Waals surface area contributed by atoms with E-state index in [1.165, 1.54) is 4.90 Å². The summed E-state index contributed by atoms with van der Waals surface area (Å²) >= 11 is 5.95. The fraction of sp³-hybridized carbons (Fsp3) is 0.133. The monoisotopic (exact) mass is 286 g/mol. The van der Waals surface area contributed by atoms with E-state index >= 15 is 0 Å². The Labute approximate surface area is 121 Å². The van der Waals surface area contributed by atoms with Crippen molar-refractivity contribution < 1.29 is 9.59 Å². The smallest absolute Gasteiger partial charge is 0.299 e. The quantitative estimate of drug-likeness (QED) is 0.798. The van der Waals surface area contributed by atoms with Crippen LogP contribution in [0.1, 0.15) is 21.7 Å². The van der Waals surface area contributed by atoms with Crippen LogP contribution in [0, 0.1) is 6.92 Å². The van der Waals surface area contributed by atoms with Crippen LogP contribution in [0.25, 0.3) is 0 Å². The molecule has 1 aromatic carbocycles. The molecule has 0 unspecified atom stereocenters. The zero-order chi connectivity index (χ0) is 14.3. The van der Waals surface area contributed by atoms with E-state index < -0.39 is 11.7 Å². The highest BCUT2D eigenvalue weighted by Crippen LogP contribution is 2.32. The molecule has 0 bridgehead atoms. The maximum Gasteiger partial charge on any atom is 0.299 e. The number of benzene rings is 1. The van der Waals surface area contributed by atoms with Gasteiger partial charge in [0.1, 0.15) is 0 Å². The van der Waals surface area contributed by atoms with Crippen molar-refractivity contribution in [3.8, 4) is 0 Å². The zero-order valence-electron chi connectivity index (χ0n) is 10.8. The van der Waals surface area contributed by atoms with Crippen LogP contribution in [0.4, 0.5) is 5.69 Å². The molecule has 0 fully saturated rings. The van der Waals surface area contributed by atoms with Gasteiger partial charge >= 0.3 is 0 Å². The summed E-state index contributed by atoms with van der Waals surface area (Å²) in [4.78, 5) is 29.8. The molecule has 100 valence electrons. The summed E-state index contributed by atoms with van der Waals surface area (Å²) in [6.45, 7) is 2.14. The molecule has 0 spiro atoms. The average Bonchev–Trinajstić information content (AvgIpc) is 2.64. The fourth-order valence-corrected chi connectivity index (χ4v) is 2.44. The van der Waals surface area contributed by atoms with Crippen molar-refractivity contribution in [3.63, 3.8) is 0 Å². The van der Waals surface area contributed by atoms with Gasteiger partial charge in [-0.3, -0.25) is 19.5 Å². The van der Waals surface area contributed by atoms with Crippen molar-refractivity contribution in [3.05, 3.63) is 58.4 Å². The number of carbonyl (C=O) groups is 2. The molecule has 4 nitrogen and oxygen atoms in total. The standard InChI is InChI=1S/C15H11ClN2O2/c1-9-3-2-4-11(17-9)8-18-13-7-10(16)5-6-12(13)14(19)15(18)20/h2-7H,8H2,1H3. The molecular weight excluding hydrogens is 276 g/mol. The van der Waals surface area contributed by atoms with Crippen molar-refractivity contribution in [1.82, 2.24) is 4.98 Å². The first kappa shape index (κ1) is 12.8. The van der Waals surface area contributed by atoms with Crippen LogP contribution >= 0.6 is 11.6 Å². The number of amides is 1. The van der Waals surface area contributed by atoms with E-state index in [0.29, 0.717) is 16.3 Å². The number of hydrogen-bond acceptors (Lipinski definition) is 3. The third-order valence-corrected chi connectivity index (χ3v) is 3.44. The molecule has 0 saturated heterocycles. The normalized spacial score (nSPS) is 13.8. The van der Waals surface area contributed by atoms with Crippen molar-refractivity contribution in [2.24, 2.45) is 0 Å². The van der Waals surface area contributed by atoms with Crippen molar-refractivity contribution >= 4 is 29.0 Å². The Balaban J connectivity index is 2.01. The number of Topliss-reactive ketones (excluding diaryl/α,β-unsaturated/α-hetero) is 1. The van der Waals surface area contributed by atoms with Gasteiger partial charge in [0, 0.05) is 10.7 Å². The average molecular weight is 287 g/mol. The van der Waals surface area contributed by atoms with Gasteiger partial charge in [-0.2, -0.15) is 0 Å². The largest absolute Gasteiger partial charge is 0.299 e. The van der Waals surface area contributed by atoms with E-state index in [0.717, 1.165) is 11.4 Å². The Hall–Kier alpha value is -2.20. The van der Waals surface area contributed by atoms with Crippen molar-refractivity contribution in [2.45, 2.75) is 13.5 Å². The Kier molecular flexibility index (Phi) is 3.03. The minimum Gasteiger partial charge on any atom is -0.299 e. The second kappa shape index (κ2) is 4.72. The summed E-state index contributed by atoms with van der Waals surface area (Å²) in [7, 11) is 0. The number of carbonyl (C=O) groups excluding carboxylic acids is 2. The molecule has 0 saturated carbocycles. The van der Waals surface area contributed by atoms with Gasteiger partial charge in [-0.15, -0.1) is 0 Å². The lowest BCUT2D eigenvalue weighted by atomic mass is 10.1. The third kappa shape index (κ3) is 2.08. The minimum atomic E-state index is -0.537. The number of nitrogens with zero attached hydrogens (tertiary/aromatic N) is 2. The van der Waals surface area contributed by atoms with Gasteiger partial charge < -0.3 is 0 Å². The van der Waals surface area contributed by atoms with E-state index in [2.05, 4.69) is 4.98 Å². The predicted octanol–water partition coefficient (Wildman–Crippen LogP) is 2.77. The van der Waals surface area contributed by atoms with Gasteiger partial charge in [0.15, 0.2) is 0 Å². The lowest BCUT2D eigenvalue weighted by Crippen LogP contribution is -2.29. The molecule has 1 aromatic heterocycles. The number of pyridine rings is 1. The first-order valence-corrected chi connectivity index (χ1v) is 6.52. The van der Waals surface area contributed by atoms with Crippen molar-refractivity contribution in [1.29, 1.82) is 0 Å². The number of aryl methyl sites for hydroxylation is 1. The molecule has 0 atom stereocenters. The highest BCUT2D eigenvalue weighted by atomic mass is 35.5. The van der Waals surface area contributed by atoms with Crippen LogP contribution in [0.15, 0.2) is 36.4 Å². The van der Waals surface area contributed by atoms with E-state index in [1.807, 2.05) is 25.1 Å². The Morgan fingerprint density at radius 2 is 2.00 bits per heavy atom. The van der Waals surface area contributed by atoms with Crippen LogP contribution in [-0.4, -0.2) is 16.7 Å². The van der Waals surface area contributed by atoms with Gasteiger partial charge in [0.2, 0.25) is 0 Å². The number of halogens is 1. The Morgan fingerprint density at radius 3 is 2.75 bits per heavy atom. The number of hydrogen-bond donors (Lipinski definition) is 0. The van der Waals surface area contributed by atoms with E-state index in [1.54, 1.807) is 18.2 Å². The Morgan fingerprint density at radius 1 is 1.20 bits per heavy atom. The van der Waals surface area contributed by atoms with Crippen LogP contribution in [-0.2, 0) is 11.3 Å². The molecule has 0 aliphatic carbocycles. The van der Waals surface area contributed by atoms with Crippen LogP contribution in [0.2, 0.25) is 5.02 Å². The minimum absolute atomic E-state index is 0.263. The second-order valence-electron chi connectivity index (χ2n) is 4.65. The number of fused-ring (bicyclic) bond motifs is 1. The van der Waals surface area contributed by atoms with E-state index in [4.69, 9.17) is 11.6 Å². The predicted molar refractivity (Wildman–Crippen MR) is 75.9 cm³/mol. The van der Waals surface area contributed by atoms with Crippen LogP contribution in [0.3, 0.4) is 0 Å². The zero-order valence-corrected chi connectivity index (χ0v) is 11.5. The van der Waals surface area contributed by atoms with Crippen molar-refractivity contribution in [2.75, 3.05) is 4.90 Å². The lowest BCUT2D eigenvalue weighted by molar-refractivity contribution is -0.114. The highest BCUT2D eigenvalue weighted by Gasteiger charge is 2.35. The number of anilines is 1. The topological polar surface area (TPSA) is 50.3 Å². The van der Waals surface area contributed by atoms with Gasteiger partial charge in [0.25, 0.3) is 11.7 Å². The molecule has 0 N–H and O–H groups in total. The third-order valence-electron chi connectivity index (χ3n) is 3.20. The first-order valence-electron chi connectivity index (χ1n) is 6.14. The molecule has 3 rings (SSSR count). The molecule has 1 aliphatic heterocycles. The first-order chi connectivity index (χ1) is 9.56. The summed E-state index contributed by atoms with van der Waals surface area (Å²) in [6.07, 6.45) is 0.